The zero-order chi connectivity index (χ0) is 26.2. The number of hydrogen-bond donors (Lipinski definition) is 2. The van der Waals surface area contributed by atoms with E-state index in [-0.39, 0.29) is 30.5 Å². The van der Waals surface area contributed by atoms with Crippen molar-refractivity contribution in [1.82, 2.24) is 5.48 Å². The van der Waals surface area contributed by atoms with Crippen molar-refractivity contribution >= 4 is 17.5 Å². The van der Waals surface area contributed by atoms with E-state index < -0.39 is 59.4 Å². The molecule has 0 saturated carbocycles. The third-order valence-electron chi connectivity index (χ3n) is 4.46. The molecule has 0 unspecified atom stereocenters. The zero-order valence-electron chi connectivity index (χ0n) is 18.2. The van der Waals surface area contributed by atoms with E-state index in [1.165, 1.54) is 12.1 Å². The van der Waals surface area contributed by atoms with Crippen molar-refractivity contribution in [1.29, 1.82) is 0 Å². The highest BCUT2D eigenvalue weighted by atomic mass is 19.4. The molecule has 0 saturated heterocycles. The predicted octanol–water partition coefficient (Wildman–Crippen LogP) is 5.35. The second kappa shape index (κ2) is 12.0. The van der Waals surface area contributed by atoms with E-state index in [9.17, 15) is 40.3 Å². The number of ether oxygens (including phenoxy) is 1. The minimum Gasteiger partial charge on any atom is -0.378 e. The van der Waals surface area contributed by atoms with Crippen LogP contribution in [0.25, 0.3) is 0 Å². The highest BCUT2D eigenvalue weighted by Crippen LogP contribution is 2.36. The van der Waals surface area contributed by atoms with Crippen LogP contribution in [0.4, 0.5) is 36.4 Å². The van der Waals surface area contributed by atoms with Crippen LogP contribution in [-0.2, 0) is 26.7 Å². The fraction of sp³-hybridized carbons (Fsp3) is 0.364. The molecule has 1 atom stereocenters. The topological polar surface area (TPSA) is 76.7 Å². The summed E-state index contributed by atoms with van der Waals surface area (Å²) in [6, 6.07) is 4.93. The van der Waals surface area contributed by atoms with Crippen LogP contribution in [0.3, 0.4) is 0 Å². The minimum atomic E-state index is -5.15. The Kier molecular flexibility index (Phi) is 9.60. The summed E-state index contributed by atoms with van der Waals surface area (Å²) in [4.78, 5) is 29.8. The Bertz CT molecular complexity index is 976. The SMILES string of the molecule is CCCCOC[C@@H](ONC(=O)c1cc(C(F)(F)F)cc(C(F)(F)F)c1)C(=O)Nc1ccc(F)cc1. The predicted molar refractivity (Wildman–Crippen MR) is 110 cm³/mol. The van der Waals surface area contributed by atoms with Crippen LogP contribution in [0.5, 0.6) is 0 Å². The van der Waals surface area contributed by atoms with Crippen LogP contribution in [0.1, 0.15) is 41.3 Å². The van der Waals surface area contributed by atoms with Crippen molar-refractivity contribution in [3.8, 4) is 0 Å². The van der Waals surface area contributed by atoms with Crippen LogP contribution < -0.4 is 10.8 Å². The number of anilines is 1. The number of unbranched alkanes of at least 4 members (excludes halogenated alkanes) is 1. The lowest BCUT2D eigenvalue weighted by atomic mass is 10.0. The van der Waals surface area contributed by atoms with Crippen LogP contribution in [-0.4, -0.2) is 31.1 Å². The lowest BCUT2D eigenvalue weighted by Gasteiger charge is -2.18. The van der Waals surface area contributed by atoms with Crippen molar-refractivity contribution in [3.63, 3.8) is 0 Å². The molecule has 0 aromatic heterocycles. The molecule has 2 N–H and O–H groups in total. The summed E-state index contributed by atoms with van der Waals surface area (Å²) in [5.74, 6) is -2.88. The van der Waals surface area contributed by atoms with E-state index in [0.29, 0.717) is 6.42 Å². The number of halogens is 7. The molecule has 0 radical (unpaired) electrons. The van der Waals surface area contributed by atoms with Gasteiger partial charge in [-0.2, -0.15) is 26.3 Å². The van der Waals surface area contributed by atoms with Gasteiger partial charge in [-0.05, 0) is 48.9 Å². The van der Waals surface area contributed by atoms with E-state index in [2.05, 4.69) is 5.32 Å². The molecular weight excluding hydrogens is 489 g/mol. The number of carbonyl (C=O) groups is 2. The summed E-state index contributed by atoms with van der Waals surface area (Å²) in [5.41, 5.74) is -2.50. The highest BCUT2D eigenvalue weighted by Gasteiger charge is 2.37. The molecule has 0 aliphatic heterocycles. The Balaban J connectivity index is 2.18. The first-order valence-corrected chi connectivity index (χ1v) is 10.2. The third kappa shape index (κ3) is 8.83. The molecule has 0 fully saturated rings. The molecule has 35 heavy (non-hydrogen) atoms. The number of benzene rings is 2. The van der Waals surface area contributed by atoms with Crippen molar-refractivity contribution in [3.05, 3.63) is 65.0 Å². The summed E-state index contributed by atoms with van der Waals surface area (Å²) >= 11 is 0. The van der Waals surface area contributed by atoms with Gasteiger partial charge >= 0.3 is 12.4 Å². The monoisotopic (exact) mass is 510 g/mol. The van der Waals surface area contributed by atoms with Gasteiger partial charge in [-0.3, -0.25) is 14.4 Å². The maximum atomic E-state index is 13.1. The number of alkyl halides is 6. The molecule has 2 amide bonds. The fourth-order valence-corrected chi connectivity index (χ4v) is 2.63. The van der Waals surface area contributed by atoms with Gasteiger partial charge in [0.1, 0.15) is 5.82 Å². The quantitative estimate of drug-likeness (QED) is 0.257. The van der Waals surface area contributed by atoms with E-state index in [4.69, 9.17) is 9.57 Å². The van der Waals surface area contributed by atoms with Gasteiger partial charge in [0.05, 0.1) is 17.7 Å². The van der Waals surface area contributed by atoms with Crippen molar-refractivity contribution in [2.45, 2.75) is 38.2 Å². The van der Waals surface area contributed by atoms with Gasteiger partial charge in [0.15, 0.2) is 6.10 Å². The normalized spacial score (nSPS) is 12.8. The van der Waals surface area contributed by atoms with Crippen molar-refractivity contribution in [2.24, 2.45) is 0 Å². The van der Waals surface area contributed by atoms with E-state index >= 15 is 0 Å². The summed E-state index contributed by atoms with van der Waals surface area (Å²) in [5, 5.41) is 2.37. The summed E-state index contributed by atoms with van der Waals surface area (Å²) in [7, 11) is 0. The van der Waals surface area contributed by atoms with Gasteiger partial charge in [-0.15, -0.1) is 0 Å². The molecule has 2 aromatic rings. The number of hydrogen-bond acceptors (Lipinski definition) is 4. The van der Waals surface area contributed by atoms with E-state index in [0.717, 1.165) is 18.6 Å². The standard InChI is InChI=1S/C22H21F7N2O4/c1-2-3-8-34-12-18(20(33)30-17-6-4-16(23)5-7-17)35-31-19(32)13-9-14(21(24,25)26)11-15(10-13)22(27,28)29/h4-7,9-11,18H,2-3,8,12H2,1H3,(H,30,33)(H,31,32)/t18-/m1/s1. The molecule has 0 aliphatic carbocycles. The van der Waals surface area contributed by atoms with Crippen LogP contribution >= 0.6 is 0 Å². The Hall–Kier alpha value is -3.19. The first kappa shape index (κ1) is 28.1. The van der Waals surface area contributed by atoms with Gasteiger partial charge in [0.25, 0.3) is 11.8 Å². The zero-order valence-corrected chi connectivity index (χ0v) is 18.2. The van der Waals surface area contributed by atoms with Crippen LogP contribution in [0, 0.1) is 5.82 Å². The summed E-state index contributed by atoms with van der Waals surface area (Å²) in [6.45, 7) is 1.70. The molecule has 13 heteroatoms. The van der Waals surface area contributed by atoms with E-state index in [1.54, 1.807) is 5.48 Å². The number of nitrogens with one attached hydrogen (secondary N) is 2. The Morgan fingerprint density at radius 3 is 2.03 bits per heavy atom. The molecule has 0 bridgehead atoms. The highest BCUT2D eigenvalue weighted by molar-refractivity contribution is 5.96. The van der Waals surface area contributed by atoms with Crippen molar-refractivity contribution in [2.75, 3.05) is 18.5 Å². The fourth-order valence-electron chi connectivity index (χ4n) is 2.63. The first-order valence-electron chi connectivity index (χ1n) is 10.2. The number of hydroxylamine groups is 1. The molecule has 2 aromatic carbocycles. The average molecular weight is 510 g/mol. The number of carbonyl (C=O) groups excluding carboxylic acids is 2. The maximum Gasteiger partial charge on any atom is 0.416 e. The summed E-state index contributed by atoms with van der Waals surface area (Å²) < 4.78 is 96.5. The molecule has 192 valence electrons. The van der Waals surface area contributed by atoms with Gasteiger partial charge in [-0.1, -0.05) is 13.3 Å². The Morgan fingerprint density at radius 2 is 1.51 bits per heavy atom. The minimum absolute atomic E-state index is 0.127. The molecule has 6 nitrogen and oxygen atoms in total. The first-order chi connectivity index (χ1) is 16.3. The van der Waals surface area contributed by atoms with Crippen molar-refractivity contribution < 1.29 is 49.9 Å². The van der Waals surface area contributed by atoms with Gasteiger partial charge in [0.2, 0.25) is 0 Å². The lowest BCUT2D eigenvalue weighted by Crippen LogP contribution is -2.40. The average Bonchev–Trinajstić information content (AvgIpc) is 2.78. The largest absolute Gasteiger partial charge is 0.416 e. The molecular formula is C22H21F7N2O4. The Morgan fingerprint density at radius 1 is 0.943 bits per heavy atom. The maximum absolute atomic E-state index is 13.1. The molecule has 0 heterocycles. The number of amides is 2. The van der Waals surface area contributed by atoms with Gasteiger partial charge in [0, 0.05) is 17.9 Å². The lowest BCUT2D eigenvalue weighted by molar-refractivity contribution is -0.143. The second-order valence-electron chi connectivity index (χ2n) is 7.26. The molecule has 2 rings (SSSR count). The van der Waals surface area contributed by atoms with Gasteiger partial charge in [-0.25, -0.2) is 9.87 Å². The van der Waals surface area contributed by atoms with Crippen LogP contribution in [0.15, 0.2) is 42.5 Å². The second-order valence-corrected chi connectivity index (χ2v) is 7.26. The Labute approximate surface area is 195 Å². The van der Waals surface area contributed by atoms with Crippen LogP contribution in [0.2, 0.25) is 0 Å². The summed E-state index contributed by atoms with van der Waals surface area (Å²) in [6.07, 6.45) is -10.4. The number of rotatable bonds is 10. The smallest absolute Gasteiger partial charge is 0.378 e. The molecule has 0 aliphatic rings. The van der Waals surface area contributed by atoms with Gasteiger partial charge < -0.3 is 10.1 Å². The van der Waals surface area contributed by atoms with E-state index in [1.807, 2.05) is 6.92 Å². The third-order valence-corrected chi connectivity index (χ3v) is 4.46. The molecule has 0 spiro atoms.